The lowest BCUT2D eigenvalue weighted by Crippen LogP contribution is -2.31. The summed E-state index contributed by atoms with van der Waals surface area (Å²) in [5.74, 6) is -0.466. The van der Waals surface area contributed by atoms with Crippen LogP contribution in [-0.2, 0) is 24.2 Å². The van der Waals surface area contributed by atoms with Gasteiger partial charge in [0.25, 0.3) is 0 Å². The Morgan fingerprint density at radius 1 is 1.03 bits per heavy atom. The number of aryl methyl sites for hydroxylation is 1. The molecule has 4 aromatic rings. The van der Waals surface area contributed by atoms with Crippen molar-refractivity contribution >= 4 is 32.6 Å². The first-order valence-electron chi connectivity index (χ1n) is 9.46. The van der Waals surface area contributed by atoms with Crippen molar-refractivity contribution in [1.82, 2.24) is 9.97 Å². The monoisotopic (exact) mass is 405 g/mol. The van der Waals surface area contributed by atoms with Crippen molar-refractivity contribution in [2.75, 3.05) is 4.90 Å². The summed E-state index contributed by atoms with van der Waals surface area (Å²) in [5, 5.41) is 0.490. The van der Waals surface area contributed by atoms with E-state index in [1.807, 2.05) is 42.5 Å². The van der Waals surface area contributed by atoms with E-state index < -0.39 is 0 Å². The molecule has 146 valence electrons. The van der Waals surface area contributed by atoms with Gasteiger partial charge >= 0.3 is 0 Å². The van der Waals surface area contributed by atoms with Crippen LogP contribution in [0.15, 0.2) is 67.0 Å². The SMILES string of the molecule is CCc1ccc(CC(=O)N(Cc2cccnc2)c2nc3c(F)cccc3s2)cc1. The Hall–Kier alpha value is -3.12. The fourth-order valence-electron chi connectivity index (χ4n) is 3.12. The standard InChI is InChI=1S/C23H20FN3OS/c1-2-16-8-10-17(11-9-16)13-21(28)27(15-18-5-4-12-25-14-18)23-26-22-19(24)6-3-7-20(22)29-23/h3-12,14H,2,13,15H2,1H3. The fraction of sp³-hybridized carbons (Fsp3) is 0.174. The Morgan fingerprint density at radius 3 is 2.52 bits per heavy atom. The average molecular weight is 405 g/mol. The molecule has 2 heterocycles. The maximum Gasteiger partial charge on any atom is 0.233 e. The van der Waals surface area contributed by atoms with Gasteiger partial charge in [0.15, 0.2) is 5.13 Å². The average Bonchev–Trinajstić information content (AvgIpc) is 3.18. The van der Waals surface area contributed by atoms with E-state index in [0.29, 0.717) is 17.2 Å². The van der Waals surface area contributed by atoms with Crippen molar-refractivity contribution in [1.29, 1.82) is 0 Å². The molecular weight excluding hydrogens is 385 g/mol. The summed E-state index contributed by atoms with van der Waals surface area (Å²) in [6.07, 6.45) is 4.63. The van der Waals surface area contributed by atoms with Gasteiger partial charge < -0.3 is 0 Å². The summed E-state index contributed by atoms with van der Waals surface area (Å²) >= 11 is 1.32. The van der Waals surface area contributed by atoms with Gasteiger partial charge in [0.05, 0.1) is 17.7 Å². The smallest absolute Gasteiger partial charge is 0.233 e. The molecule has 0 saturated carbocycles. The van der Waals surface area contributed by atoms with Gasteiger partial charge in [-0.1, -0.05) is 54.7 Å². The number of carbonyl (C=O) groups excluding carboxylic acids is 1. The lowest BCUT2D eigenvalue weighted by molar-refractivity contribution is -0.118. The van der Waals surface area contributed by atoms with E-state index in [1.165, 1.54) is 23.0 Å². The number of amides is 1. The van der Waals surface area contributed by atoms with Crippen LogP contribution < -0.4 is 4.90 Å². The molecule has 0 aliphatic rings. The topological polar surface area (TPSA) is 46.1 Å². The molecule has 0 atom stereocenters. The second-order valence-corrected chi connectivity index (χ2v) is 7.78. The summed E-state index contributed by atoms with van der Waals surface area (Å²) in [6.45, 7) is 2.43. The van der Waals surface area contributed by atoms with Crippen molar-refractivity contribution in [3.8, 4) is 0 Å². The molecule has 29 heavy (non-hydrogen) atoms. The fourth-order valence-corrected chi connectivity index (χ4v) is 4.11. The summed E-state index contributed by atoms with van der Waals surface area (Å²) in [6, 6.07) is 16.7. The van der Waals surface area contributed by atoms with Gasteiger partial charge in [0, 0.05) is 12.4 Å². The molecule has 0 radical (unpaired) electrons. The van der Waals surface area contributed by atoms with Crippen LogP contribution in [0.25, 0.3) is 10.2 Å². The van der Waals surface area contributed by atoms with Crippen LogP contribution in [0.3, 0.4) is 0 Å². The van der Waals surface area contributed by atoms with Crippen LogP contribution in [0.4, 0.5) is 9.52 Å². The number of hydrogen-bond donors (Lipinski definition) is 0. The first-order chi connectivity index (χ1) is 14.1. The minimum atomic E-state index is -0.381. The third kappa shape index (κ3) is 4.32. The van der Waals surface area contributed by atoms with E-state index in [-0.39, 0.29) is 18.1 Å². The second kappa shape index (κ2) is 8.49. The van der Waals surface area contributed by atoms with Crippen molar-refractivity contribution in [2.24, 2.45) is 0 Å². The van der Waals surface area contributed by atoms with E-state index in [1.54, 1.807) is 23.4 Å². The van der Waals surface area contributed by atoms with Gasteiger partial charge in [-0.15, -0.1) is 0 Å². The number of halogens is 1. The molecule has 0 aliphatic heterocycles. The van der Waals surface area contributed by atoms with Crippen molar-refractivity contribution < 1.29 is 9.18 Å². The first kappa shape index (κ1) is 19.2. The molecular formula is C23H20FN3OS. The number of carbonyl (C=O) groups is 1. The highest BCUT2D eigenvalue weighted by Gasteiger charge is 2.21. The number of aromatic nitrogens is 2. The molecule has 2 aromatic heterocycles. The summed E-state index contributed by atoms with van der Waals surface area (Å²) in [7, 11) is 0. The van der Waals surface area contributed by atoms with Gasteiger partial charge in [-0.2, -0.15) is 0 Å². The number of para-hydroxylation sites is 1. The zero-order valence-electron chi connectivity index (χ0n) is 16.0. The quantitative estimate of drug-likeness (QED) is 0.445. The van der Waals surface area contributed by atoms with E-state index in [2.05, 4.69) is 16.9 Å². The number of fused-ring (bicyclic) bond motifs is 1. The zero-order chi connectivity index (χ0) is 20.2. The molecule has 0 spiro atoms. The number of thiazole rings is 1. The summed E-state index contributed by atoms with van der Waals surface area (Å²) in [5.41, 5.74) is 3.36. The van der Waals surface area contributed by atoms with E-state index in [0.717, 1.165) is 22.2 Å². The first-order valence-corrected chi connectivity index (χ1v) is 10.3. The van der Waals surface area contributed by atoms with Crippen molar-refractivity contribution in [2.45, 2.75) is 26.3 Å². The molecule has 4 nitrogen and oxygen atoms in total. The second-order valence-electron chi connectivity index (χ2n) is 6.77. The predicted octanol–water partition coefficient (Wildman–Crippen LogP) is 5.17. The van der Waals surface area contributed by atoms with Gasteiger partial charge in [0.2, 0.25) is 5.91 Å². The number of nitrogens with zero attached hydrogens (tertiary/aromatic N) is 3. The van der Waals surface area contributed by atoms with Crippen LogP contribution >= 0.6 is 11.3 Å². The van der Waals surface area contributed by atoms with Crippen LogP contribution in [0.5, 0.6) is 0 Å². The molecule has 2 aromatic carbocycles. The van der Waals surface area contributed by atoms with Crippen molar-refractivity contribution in [3.63, 3.8) is 0 Å². The van der Waals surface area contributed by atoms with Crippen LogP contribution in [-0.4, -0.2) is 15.9 Å². The van der Waals surface area contributed by atoms with Crippen molar-refractivity contribution in [3.05, 3.63) is 89.5 Å². The molecule has 0 fully saturated rings. The molecule has 4 rings (SSSR count). The molecule has 0 aliphatic carbocycles. The molecule has 1 amide bonds. The van der Waals surface area contributed by atoms with E-state index in [9.17, 15) is 9.18 Å². The van der Waals surface area contributed by atoms with Crippen LogP contribution in [0.2, 0.25) is 0 Å². The maximum atomic E-state index is 14.1. The number of benzene rings is 2. The normalized spacial score (nSPS) is 11.0. The van der Waals surface area contributed by atoms with Gasteiger partial charge in [-0.25, -0.2) is 9.37 Å². The van der Waals surface area contributed by atoms with Gasteiger partial charge in [-0.3, -0.25) is 14.7 Å². The Morgan fingerprint density at radius 2 is 1.83 bits per heavy atom. The van der Waals surface area contributed by atoms with E-state index >= 15 is 0 Å². The number of pyridine rings is 1. The third-order valence-corrected chi connectivity index (χ3v) is 5.78. The molecule has 0 saturated heterocycles. The van der Waals surface area contributed by atoms with Gasteiger partial charge in [-0.05, 0) is 41.3 Å². The zero-order valence-corrected chi connectivity index (χ0v) is 16.8. The molecule has 0 bridgehead atoms. The van der Waals surface area contributed by atoms with E-state index in [4.69, 9.17) is 0 Å². The number of anilines is 1. The Labute approximate surface area is 172 Å². The molecule has 0 N–H and O–H groups in total. The lowest BCUT2D eigenvalue weighted by Gasteiger charge is -2.20. The summed E-state index contributed by atoms with van der Waals surface area (Å²) in [4.78, 5) is 23.4. The molecule has 0 unspecified atom stereocenters. The predicted molar refractivity (Wildman–Crippen MR) is 115 cm³/mol. The van der Waals surface area contributed by atoms with Crippen LogP contribution in [0, 0.1) is 5.82 Å². The highest BCUT2D eigenvalue weighted by atomic mass is 32.1. The summed E-state index contributed by atoms with van der Waals surface area (Å²) < 4.78 is 14.9. The highest BCUT2D eigenvalue weighted by molar-refractivity contribution is 7.22. The number of rotatable bonds is 6. The highest BCUT2D eigenvalue weighted by Crippen LogP contribution is 2.31. The Kier molecular flexibility index (Phi) is 5.62. The van der Waals surface area contributed by atoms with Crippen LogP contribution in [0.1, 0.15) is 23.6 Å². The lowest BCUT2D eigenvalue weighted by atomic mass is 10.1. The molecule has 6 heteroatoms. The van der Waals surface area contributed by atoms with Gasteiger partial charge in [0.1, 0.15) is 11.3 Å². The largest absolute Gasteiger partial charge is 0.283 e. The Bertz CT molecular complexity index is 1130. The third-order valence-electron chi connectivity index (χ3n) is 4.74. The minimum Gasteiger partial charge on any atom is -0.283 e. The number of hydrogen-bond acceptors (Lipinski definition) is 4. The minimum absolute atomic E-state index is 0.0856. The maximum absolute atomic E-state index is 14.1. The Balaban J connectivity index is 1.66.